The highest BCUT2D eigenvalue weighted by Crippen LogP contribution is 1.94. The summed E-state index contributed by atoms with van der Waals surface area (Å²) in [5, 5.41) is 8.34. The van der Waals surface area contributed by atoms with Crippen LogP contribution in [0.1, 0.15) is 0 Å². The van der Waals surface area contributed by atoms with E-state index in [9.17, 15) is 0 Å². The van der Waals surface area contributed by atoms with Crippen LogP contribution in [0, 0.1) is 0 Å². The maximum Gasteiger partial charge on any atom is 0.273 e. The molecular weight excluding hydrogens is 94.0 g/mol. The quantitative estimate of drug-likeness (QED) is 0.472. The van der Waals surface area contributed by atoms with Gasteiger partial charge in [0.15, 0.2) is 0 Å². The second-order valence-corrected chi connectivity index (χ2v) is 1.35. The standard InChI is InChI=1S/C4H6NO2/c6-2-4-1-5-3-7-4/h4,6H,1-2H2/t4-/m1/s1. The summed E-state index contributed by atoms with van der Waals surface area (Å²) in [6.45, 7) is 0.590. The number of nitrogens with zero attached hydrogens (tertiary/aromatic N) is 1. The van der Waals surface area contributed by atoms with Crippen LogP contribution in [0.3, 0.4) is 0 Å². The molecule has 0 amide bonds. The van der Waals surface area contributed by atoms with Crippen molar-refractivity contribution < 1.29 is 9.84 Å². The topological polar surface area (TPSA) is 41.8 Å². The highest BCUT2D eigenvalue weighted by molar-refractivity contribution is 5.48. The smallest absolute Gasteiger partial charge is 0.273 e. The molecule has 0 spiro atoms. The van der Waals surface area contributed by atoms with E-state index in [-0.39, 0.29) is 12.7 Å². The minimum absolute atomic E-state index is 0.0382. The Kier molecular flexibility index (Phi) is 1.26. The molecule has 1 atom stereocenters. The number of rotatable bonds is 1. The molecule has 0 bridgehead atoms. The molecule has 1 heterocycles. The molecule has 39 valence electrons. The highest BCUT2D eigenvalue weighted by atomic mass is 16.5. The first-order valence-corrected chi connectivity index (χ1v) is 2.11. The van der Waals surface area contributed by atoms with Crippen LogP contribution in [0.2, 0.25) is 0 Å². The fourth-order valence-electron chi connectivity index (χ4n) is 0.383. The number of aliphatic hydroxyl groups excluding tert-OH is 1. The predicted molar refractivity (Wildman–Crippen MR) is 24.3 cm³/mol. The maximum atomic E-state index is 8.34. The Balaban J connectivity index is 2.22. The normalized spacial score (nSPS) is 27.9. The Hall–Kier alpha value is -0.570. The first-order chi connectivity index (χ1) is 3.43. The molecule has 0 unspecified atom stereocenters. The minimum atomic E-state index is -0.125. The molecule has 0 saturated heterocycles. The fraction of sp³-hybridized carbons (Fsp3) is 0.750. The third kappa shape index (κ3) is 0.899. The summed E-state index contributed by atoms with van der Waals surface area (Å²) in [5.74, 6) is 0. The zero-order valence-electron chi connectivity index (χ0n) is 3.79. The lowest BCUT2D eigenvalue weighted by atomic mass is 10.4. The van der Waals surface area contributed by atoms with Gasteiger partial charge in [0.1, 0.15) is 6.10 Å². The molecule has 1 radical (unpaired) electrons. The lowest BCUT2D eigenvalue weighted by molar-refractivity contribution is 0.134. The van der Waals surface area contributed by atoms with Gasteiger partial charge in [0.2, 0.25) is 0 Å². The lowest BCUT2D eigenvalue weighted by Crippen LogP contribution is -2.14. The van der Waals surface area contributed by atoms with Gasteiger partial charge in [0, 0.05) is 0 Å². The van der Waals surface area contributed by atoms with Gasteiger partial charge in [-0.3, -0.25) is 0 Å². The molecule has 0 aromatic rings. The Morgan fingerprint density at radius 2 is 2.86 bits per heavy atom. The largest absolute Gasteiger partial charge is 0.466 e. The van der Waals surface area contributed by atoms with Crippen molar-refractivity contribution in [2.75, 3.05) is 13.2 Å². The van der Waals surface area contributed by atoms with E-state index in [0.29, 0.717) is 6.54 Å². The van der Waals surface area contributed by atoms with Crippen LogP contribution in [0.5, 0.6) is 0 Å². The van der Waals surface area contributed by atoms with Crippen molar-refractivity contribution in [3.05, 3.63) is 0 Å². The zero-order valence-corrected chi connectivity index (χ0v) is 3.79. The average molecular weight is 100 g/mol. The molecule has 1 aliphatic heterocycles. The molecular formula is C4H6NO2. The van der Waals surface area contributed by atoms with Gasteiger partial charge in [0.25, 0.3) is 6.40 Å². The van der Waals surface area contributed by atoms with Gasteiger partial charge in [0.05, 0.1) is 13.2 Å². The summed E-state index contributed by atoms with van der Waals surface area (Å²) in [6, 6.07) is 0. The van der Waals surface area contributed by atoms with Crippen LogP contribution >= 0.6 is 0 Å². The number of ether oxygens (including phenoxy) is 1. The molecule has 1 aliphatic rings. The number of aliphatic imine (C=N–C) groups is 1. The van der Waals surface area contributed by atoms with E-state index < -0.39 is 0 Å². The third-order valence-corrected chi connectivity index (χ3v) is 0.782. The number of aliphatic hydroxyl groups is 1. The monoisotopic (exact) mass is 100 g/mol. The predicted octanol–water partition coefficient (Wildman–Crippen LogP) is -0.717. The van der Waals surface area contributed by atoms with Crippen molar-refractivity contribution in [3.8, 4) is 0 Å². The van der Waals surface area contributed by atoms with Gasteiger partial charge in [-0.1, -0.05) is 0 Å². The molecule has 0 aliphatic carbocycles. The summed E-state index contributed by atoms with van der Waals surface area (Å²) in [4.78, 5) is 3.60. The maximum absolute atomic E-state index is 8.34. The third-order valence-electron chi connectivity index (χ3n) is 0.782. The average Bonchev–Trinajstić information content (AvgIpc) is 2.14. The van der Waals surface area contributed by atoms with Crippen LogP contribution in [0.25, 0.3) is 0 Å². The van der Waals surface area contributed by atoms with Gasteiger partial charge in [-0.2, -0.15) is 0 Å². The molecule has 1 rings (SSSR count). The summed E-state index contributed by atoms with van der Waals surface area (Å²) < 4.78 is 4.64. The van der Waals surface area contributed by atoms with Crippen LogP contribution in [0.15, 0.2) is 4.99 Å². The molecule has 0 aromatic carbocycles. The lowest BCUT2D eigenvalue weighted by Gasteiger charge is -1.99. The second-order valence-electron chi connectivity index (χ2n) is 1.35. The molecule has 3 heteroatoms. The van der Waals surface area contributed by atoms with Gasteiger partial charge in [-0.05, 0) is 0 Å². The van der Waals surface area contributed by atoms with Crippen molar-refractivity contribution in [2.24, 2.45) is 4.99 Å². The minimum Gasteiger partial charge on any atom is -0.466 e. The van der Waals surface area contributed by atoms with Crippen molar-refractivity contribution in [3.63, 3.8) is 0 Å². The van der Waals surface area contributed by atoms with Crippen LogP contribution in [-0.2, 0) is 4.74 Å². The molecule has 3 nitrogen and oxygen atoms in total. The van der Waals surface area contributed by atoms with E-state index >= 15 is 0 Å². The van der Waals surface area contributed by atoms with Gasteiger partial charge in [-0.25, -0.2) is 4.99 Å². The van der Waals surface area contributed by atoms with Gasteiger partial charge >= 0.3 is 0 Å². The van der Waals surface area contributed by atoms with Crippen LogP contribution in [0.4, 0.5) is 0 Å². The first kappa shape index (κ1) is 4.59. The van der Waals surface area contributed by atoms with Crippen LogP contribution in [-0.4, -0.2) is 30.8 Å². The van der Waals surface area contributed by atoms with E-state index in [4.69, 9.17) is 5.11 Å². The molecule has 1 N–H and O–H groups in total. The second kappa shape index (κ2) is 1.93. The number of hydrogen-bond acceptors (Lipinski definition) is 3. The van der Waals surface area contributed by atoms with Gasteiger partial charge in [-0.15, -0.1) is 0 Å². The van der Waals surface area contributed by atoms with Gasteiger partial charge < -0.3 is 9.84 Å². The summed E-state index contributed by atoms with van der Waals surface area (Å²) >= 11 is 0. The zero-order chi connectivity index (χ0) is 5.11. The van der Waals surface area contributed by atoms with Crippen molar-refractivity contribution in [1.29, 1.82) is 0 Å². The molecule has 0 aromatic heterocycles. The first-order valence-electron chi connectivity index (χ1n) is 2.11. The molecule has 7 heavy (non-hydrogen) atoms. The SMILES string of the molecule is OC[C@H]1CN=[C]O1. The molecule has 0 fully saturated rings. The van der Waals surface area contributed by atoms with E-state index in [1.165, 1.54) is 0 Å². The number of hydrogen-bond donors (Lipinski definition) is 1. The van der Waals surface area contributed by atoms with E-state index in [1.807, 2.05) is 0 Å². The van der Waals surface area contributed by atoms with E-state index in [0.717, 1.165) is 0 Å². The summed E-state index contributed by atoms with van der Waals surface area (Å²) in [6.07, 6.45) is 2.16. The fourth-order valence-corrected chi connectivity index (χ4v) is 0.383. The summed E-state index contributed by atoms with van der Waals surface area (Å²) in [5.41, 5.74) is 0. The Morgan fingerprint density at radius 1 is 2.00 bits per heavy atom. The van der Waals surface area contributed by atoms with E-state index in [1.54, 1.807) is 0 Å². The molecule has 0 saturated carbocycles. The van der Waals surface area contributed by atoms with Crippen LogP contribution < -0.4 is 0 Å². The van der Waals surface area contributed by atoms with Crippen molar-refractivity contribution >= 4 is 6.40 Å². The Bertz CT molecular complexity index is 73.8. The highest BCUT2D eigenvalue weighted by Gasteiger charge is 2.09. The van der Waals surface area contributed by atoms with Crippen molar-refractivity contribution in [2.45, 2.75) is 6.10 Å². The van der Waals surface area contributed by atoms with Crippen molar-refractivity contribution in [1.82, 2.24) is 0 Å². The van der Waals surface area contributed by atoms with E-state index in [2.05, 4.69) is 16.1 Å². The Morgan fingerprint density at radius 3 is 3.14 bits per heavy atom. The Labute approximate surface area is 41.6 Å². The summed E-state index contributed by atoms with van der Waals surface area (Å²) in [7, 11) is 0.